The third-order valence-electron chi connectivity index (χ3n) is 8.36. The van der Waals surface area contributed by atoms with Gasteiger partial charge in [0.15, 0.2) is 23.1 Å². The molecular weight excluding hydrogens is 556 g/mol. The van der Waals surface area contributed by atoms with Gasteiger partial charge < -0.3 is 30.3 Å². The summed E-state index contributed by atoms with van der Waals surface area (Å²) in [4.78, 5) is 72.1. The van der Waals surface area contributed by atoms with Gasteiger partial charge in [-0.25, -0.2) is 0 Å². The molecule has 0 bridgehead atoms. The van der Waals surface area contributed by atoms with Crippen LogP contribution in [0.15, 0.2) is 46.5 Å². The number of allylic oxidation sites excluding steroid dienone is 4. The van der Waals surface area contributed by atoms with Gasteiger partial charge in [-0.15, -0.1) is 0 Å². The number of aromatic nitrogens is 1. The molecule has 11 heteroatoms. The number of H-pyrrole nitrogens is 1. The summed E-state index contributed by atoms with van der Waals surface area (Å²) in [5.41, 5.74) is -5.20. The maximum atomic E-state index is 14.2. The lowest BCUT2D eigenvalue weighted by Crippen LogP contribution is -2.36. The highest BCUT2D eigenvalue weighted by molar-refractivity contribution is 6.39. The van der Waals surface area contributed by atoms with E-state index >= 15 is 0 Å². The van der Waals surface area contributed by atoms with Crippen LogP contribution in [0.2, 0.25) is 0 Å². The third-order valence-corrected chi connectivity index (χ3v) is 8.36. The first-order valence-corrected chi connectivity index (χ1v) is 13.5. The van der Waals surface area contributed by atoms with Crippen molar-refractivity contribution in [3.63, 3.8) is 0 Å². The highest BCUT2D eigenvalue weighted by atomic mass is 16.3. The number of aliphatic hydroxyl groups excluding tert-OH is 1. The Hall–Kier alpha value is -5.29. The minimum atomic E-state index is -2.13. The van der Waals surface area contributed by atoms with Gasteiger partial charge in [-0.2, -0.15) is 0 Å². The molecule has 11 nitrogen and oxygen atoms in total. The van der Waals surface area contributed by atoms with Gasteiger partial charge in [0.1, 0.15) is 22.7 Å². The summed E-state index contributed by atoms with van der Waals surface area (Å²) in [5.74, 6) is -7.66. The predicted molar refractivity (Wildman–Crippen MR) is 155 cm³/mol. The second-order valence-electron chi connectivity index (χ2n) is 11.1. The number of benzene rings is 2. The van der Waals surface area contributed by atoms with Gasteiger partial charge in [0, 0.05) is 17.8 Å². The first kappa shape index (κ1) is 27.9. The molecule has 5 N–H and O–H groups in total. The fraction of sp³-hybridized carbons (Fsp3) is 0.219. The van der Waals surface area contributed by atoms with Crippen LogP contribution < -0.4 is 5.56 Å². The maximum Gasteiger partial charge on any atom is 0.260 e. The number of rotatable bonds is 4. The lowest BCUT2D eigenvalue weighted by Gasteiger charge is -2.22. The quantitative estimate of drug-likeness (QED) is 0.174. The van der Waals surface area contributed by atoms with E-state index in [1.165, 1.54) is 4.90 Å². The molecule has 0 saturated heterocycles. The van der Waals surface area contributed by atoms with E-state index in [0.29, 0.717) is 16.6 Å². The van der Waals surface area contributed by atoms with Crippen LogP contribution in [0.4, 0.5) is 0 Å². The van der Waals surface area contributed by atoms with Crippen LogP contribution in [0.1, 0.15) is 71.6 Å². The van der Waals surface area contributed by atoms with E-state index in [1.807, 2.05) is 6.92 Å². The van der Waals surface area contributed by atoms with Crippen molar-refractivity contribution in [3.05, 3.63) is 91.1 Å². The molecule has 43 heavy (non-hydrogen) atoms. The molecule has 1 heterocycles. The van der Waals surface area contributed by atoms with E-state index in [1.54, 1.807) is 50.5 Å². The molecule has 0 unspecified atom stereocenters. The smallest absolute Gasteiger partial charge is 0.260 e. The van der Waals surface area contributed by atoms with Gasteiger partial charge >= 0.3 is 0 Å². The zero-order valence-corrected chi connectivity index (χ0v) is 23.4. The highest BCUT2D eigenvalue weighted by Crippen LogP contribution is 2.57. The van der Waals surface area contributed by atoms with Crippen molar-refractivity contribution in [2.75, 3.05) is 20.6 Å². The summed E-state index contributed by atoms with van der Waals surface area (Å²) in [7, 11) is 3.17. The Morgan fingerprint density at radius 1 is 0.860 bits per heavy atom. The first-order valence-electron chi connectivity index (χ1n) is 13.5. The van der Waals surface area contributed by atoms with Crippen LogP contribution in [0.25, 0.3) is 16.8 Å². The predicted octanol–water partition coefficient (Wildman–Crippen LogP) is 3.25. The van der Waals surface area contributed by atoms with Gasteiger partial charge in [0.25, 0.3) is 5.56 Å². The molecule has 1 atom stereocenters. The van der Waals surface area contributed by atoms with Gasteiger partial charge in [-0.1, -0.05) is 24.3 Å². The van der Waals surface area contributed by atoms with Gasteiger partial charge in [-0.3, -0.25) is 24.0 Å². The van der Waals surface area contributed by atoms with Gasteiger partial charge in [0.2, 0.25) is 5.78 Å². The number of hydrogen-bond donors (Lipinski definition) is 5. The van der Waals surface area contributed by atoms with Crippen molar-refractivity contribution in [1.29, 1.82) is 0 Å². The Bertz CT molecular complexity index is 2030. The van der Waals surface area contributed by atoms with E-state index in [4.69, 9.17) is 0 Å². The number of pyridine rings is 1. The van der Waals surface area contributed by atoms with E-state index < -0.39 is 79.4 Å². The number of Topliss-reactive ketones (excluding diaryl/α,β-unsaturated/α-hetero) is 4. The first-order chi connectivity index (χ1) is 20.4. The minimum absolute atomic E-state index is 0.127. The molecule has 1 spiro atoms. The molecule has 6 rings (SSSR count). The number of carbonyl (C=O) groups excluding carboxylic acids is 4. The molecule has 3 aliphatic carbocycles. The van der Waals surface area contributed by atoms with E-state index in [0.717, 1.165) is 0 Å². The molecule has 3 aromatic rings. The summed E-state index contributed by atoms with van der Waals surface area (Å²) >= 11 is 0. The summed E-state index contributed by atoms with van der Waals surface area (Å²) in [5, 5.41) is 44.7. The monoisotopic (exact) mass is 582 g/mol. The van der Waals surface area contributed by atoms with Crippen LogP contribution >= 0.6 is 0 Å². The second kappa shape index (κ2) is 9.36. The maximum absolute atomic E-state index is 14.2. The van der Waals surface area contributed by atoms with Crippen molar-refractivity contribution in [3.8, 4) is 17.2 Å². The fourth-order valence-corrected chi connectivity index (χ4v) is 6.54. The molecule has 0 amide bonds. The normalized spacial score (nSPS) is 19.6. The van der Waals surface area contributed by atoms with Gasteiger partial charge in [-0.05, 0) is 57.0 Å². The average Bonchev–Trinajstić information content (AvgIpc) is 3.44. The SMILES string of the molecule is C/C=C/C=C/c1cc2cc3c(c(O)c2c(=O)[nH]1)[C@]1(CC3)C(=O)c2c(O)c3c(c(O)c2C1=O)C(=O)C(CN(C)C)=C(O)C3=O. The van der Waals surface area contributed by atoms with Crippen molar-refractivity contribution in [1.82, 2.24) is 9.88 Å². The Kier molecular flexibility index (Phi) is 6.07. The molecule has 1 aromatic heterocycles. The van der Waals surface area contributed by atoms with Crippen molar-refractivity contribution < 1.29 is 39.6 Å². The average molecular weight is 583 g/mol. The standard InChI is InChI=1S/C32H26N2O9/c1-4-5-6-7-15-11-14-10-13-8-9-32(22(13)27(39)17(14)31(43)33-15)29(41)20-21(30(32)42)26(38)19-18(25(20)37)23(35)16(12-34(2)3)24(36)28(19)40/h4-7,10-11,36-39H,8-9,12H2,1-3H3,(H,33,43)/b5-4+,7-6+/t32-/m0/s1. The van der Waals surface area contributed by atoms with Crippen LogP contribution in [0, 0.1) is 0 Å². The fourth-order valence-electron chi connectivity index (χ4n) is 6.54. The van der Waals surface area contributed by atoms with Crippen LogP contribution in [-0.2, 0) is 11.8 Å². The van der Waals surface area contributed by atoms with Gasteiger partial charge in [0.05, 0.1) is 33.2 Å². The summed E-state index contributed by atoms with van der Waals surface area (Å²) in [6.07, 6.45) is 6.94. The van der Waals surface area contributed by atoms with E-state index in [9.17, 15) is 44.4 Å². The Morgan fingerprint density at radius 3 is 2.09 bits per heavy atom. The molecular formula is C32H26N2O9. The molecule has 0 fully saturated rings. The molecule has 2 aromatic carbocycles. The summed E-state index contributed by atoms with van der Waals surface area (Å²) in [6, 6.07) is 3.25. The number of ketones is 4. The largest absolute Gasteiger partial charge is 0.507 e. The topological polar surface area (TPSA) is 185 Å². The number of aromatic amines is 1. The van der Waals surface area contributed by atoms with E-state index in [2.05, 4.69) is 4.98 Å². The third kappa shape index (κ3) is 3.54. The molecule has 0 aliphatic heterocycles. The number of aromatic hydroxyl groups is 3. The Morgan fingerprint density at radius 2 is 1.49 bits per heavy atom. The number of nitrogens with zero attached hydrogens (tertiary/aromatic N) is 1. The lowest BCUT2D eigenvalue weighted by atomic mass is 9.76. The number of aryl methyl sites for hydroxylation is 1. The number of likely N-dealkylation sites (N-methyl/N-ethyl adjacent to an activating group) is 1. The molecule has 0 saturated carbocycles. The Labute approximate surface area is 243 Å². The van der Waals surface area contributed by atoms with E-state index in [-0.39, 0.29) is 35.9 Å². The zero-order chi connectivity index (χ0) is 31.1. The highest BCUT2D eigenvalue weighted by Gasteiger charge is 2.61. The minimum Gasteiger partial charge on any atom is -0.507 e. The van der Waals surface area contributed by atoms with Crippen LogP contribution in [0.3, 0.4) is 0 Å². The summed E-state index contributed by atoms with van der Waals surface area (Å²) < 4.78 is 0. The number of carbonyl (C=O) groups is 4. The molecule has 3 aliphatic rings. The number of phenols is 3. The Balaban J connectivity index is 1.57. The zero-order valence-electron chi connectivity index (χ0n) is 23.4. The molecule has 218 valence electrons. The number of nitrogens with one attached hydrogen (secondary N) is 1. The second-order valence-corrected chi connectivity index (χ2v) is 11.1. The van der Waals surface area contributed by atoms with Crippen LogP contribution in [-0.4, -0.2) is 74.1 Å². The van der Waals surface area contributed by atoms with Crippen molar-refractivity contribution in [2.45, 2.75) is 25.2 Å². The van der Waals surface area contributed by atoms with Crippen molar-refractivity contribution >= 4 is 40.0 Å². The summed E-state index contributed by atoms with van der Waals surface area (Å²) in [6.45, 7) is 1.65. The number of fused-ring (bicyclic) bond motifs is 5. The number of hydrogen-bond acceptors (Lipinski definition) is 10. The van der Waals surface area contributed by atoms with Crippen LogP contribution in [0.5, 0.6) is 17.2 Å². The number of aliphatic hydroxyl groups is 1. The van der Waals surface area contributed by atoms with Crippen molar-refractivity contribution in [2.24, 2.45) is 0 Å². The lowest BCUT2D eigenvalue weighted by molar-refractivity contribution is 0.0790. The molecule has 0 radical (unpaired) electrons. The number of phenolic OH excluding ortho intramolecular Hbond substituents is 3.